The van der Waals surface area contributed by atoms with Crippen LogP contribution < -0.4 is 10.6 Å². The van der Waals surface area contributed by atoms with Gasteiger partial charge in [-0.25, -0.2) is 4.79 Å². The van der Waals surface area contributed by atoms with E-state index in [1.54, 1.807) is 12.3 Å². The van der Waals surface area contributed by atoms with E-state index in [2.05, 4.69) is 11.6 Å². The molecule has 3 aliphatic carbocycles. The minimum absolute atomic E-state index is 0.107. The van der Waals surface area contributed by atoms with Crippen molar-refractivity contribution < 1.29 is 59.2 Å². The molecule has 258 valence electrons. The van der Waals surface area contributed by atoms with Crippen molar-refractivity contribution >= 4 is 23.3 Å². The third kappa shape index (κ3) is 4.85. The molecule has 2 spiro atoms. The number of aliphatic hydroxyl groups is 5. The number of esters is 1. The number of ether oxygens (including phenoxy) is 4. The number of hydrogen-bond acceptors (Lipinski definition) is 11. The molecule has 1 aromatic heterocycles. The van der Waals surface area contributed by atoms with Crippen LogP contribution in [0, 0.1) is 17.3 Å². The van der Waals surface area contributed by atoms with Gasteiger partial charge in [-0.2, -0.15) is 0 Å². The second-order valence-corrected chi connectivity index (χ2v) is 13.5. The van der Waals surface area contributed by atoms with Crippen molar-refractivity contribution in [3.63, 3.8) is 0 Å². The number of aromatic amines is 1. The van der Waals surface area contributed by atoms with Crippen molar-refractivity contribution in [3.8, 4) is 0 Å². The Bertz CT molecular complexity index is 1560. The van der Waals surface area contributed by atoms with Crippen LogP contribution >= 0.6 is 0 Å². The minimum atomic E-state index is -2.30. The highest BCUT2D eigenvalue weighted by atomic mass is 16.7. The van der Waals surface area contributed by atoms with E-state index < -0.39 is 84.1 Å². The van der Waals surface area contributed by atoms with Gasteiger partial charge in [0.05, 0.1) is 31.6 Å². The first-order chi connectivity index (χ1) is 22.5. The first-order valence-electron chi connectivity index (χ1n) is 16.3. The second kappa shape index (κ2) is 12.4. The Hall–Kier alpha value is -3.04. The quantitative estimate of drug-likeness (QED) is 0.121. The van der Waals surface area contributed by atoms with Crippen LogP contribution in [0.2, 0.25) is 0 Å². The normalized spacial score (nSPS) is 37.1. The number of aliphatic carboxylic acids is 1. The lowest BCUT2D eigenvalue weighted by Gasteiger charge is -2.65. The van der Waals surface area contributed by atoms with E-state index in [9.17, 15) is 40.2 Å². The number of carboxylic acid groups (broad SMARTS) is 1. The SMILES string of the molecule is C=CC1C(CC(=O)O)C(C(=O)OC)=CC2(CCCC2)C1OC1(CO)OC(CO)C23OC(CCCO)=c4[nH]ccc4=C2CCC1(O)C3O. The third-order valence-corrected chi connectivity index (χ3v) is 11.3. The van der Waals surface area contributed by atoms with E-state index >= 15 is 0 Å². The van der Waals surface area contributed by atoms with Crippen LogP contribution in [0.5, 0.6) is 0 Å². The molecule has 47 heavy (non-hydrogen) atoms. The van der Waals surface area contributed by atoms with Gasteiger partial charge < -0.3 is 54.6 Å². The molecular weight excluding hydrogens is 614 g/mol. The fraction of sp³-hybridized carbons (Fsp3) is 0.647. The number of carbonyl (C=O) groups excluding carboxylic acids is 1. The van der Waals surface area contributed by atoms with Gasteiger partial charge in [0, 0.05) is 47.3 Å². The van der Waals surface area contributed by atoms with Crippen LogP contribution in [0.1, 0.15) is 57.8 Å². The molecule has 0 aromatic carbocycles. The van der Waals surface area contributed by atoms with E-state index in [1.165, 1.54) is 13.2 Å². The van der Waals surface area contributed by atoms with E-state index in [0.717, 1.165) is 18.1 Å². The van der Waals surface area contributed by atoms with Gasteiger partial charge in [0.15, 0.2) is 11.2 Å². The van der Waals surface area contributed by atoms with Gasteiger partial charge in [0.2, 0.25) is 5.79 Å². The second-order valence-electron chi connectivity index (χ2n) is 13.5. The molecule has 3 fully saturated rings. The number of rotatable bonds is 11. The highest BCUT2D eigenvalue weighted by Gasteiger charge is 2.76. The summed E-state index contributed by atoms with van der Waals surface area (Å²) >= 11 is 0. The molecule has 1 aromatic rings. The van der Waals surface area contributed by atoms with Crippen molar-refractivity contribution in [3.05, 3.63) is 47.1 Å². The zero-order valence-electron chi connectivity index (χ0n) is 26.5. The molecule has 3 heterocycles. The lowest BCUT2D eigenvalue weighted by atomic mass is 9.60. The molecule has 7 N–H and O–H groups in total. The average Bonchev–Trinajstić information content (AvgIpc) is 3.75. The average molecular weight is 660 g/mol. The maximum absolute atomic E-state index is 13.0. The molecule has 13 heteroatoms. The van der Waals surface area contributed by atoms with E-state index in [1.807, 2.05) is 6.07 Å². The van der Waals surface area contributed by atoms with Crippen molar-refractivity contribution in [1.29, 1.82) is 0 Å². The summed E-state index contributed by atoms with van der Waals surface area (Å²) in [5.74, 6) is -5.38. The Morgan fingerprint density at radius 2 is 1.94 bits per heavy atom. The topological polar surface area (TPSA) is 208 Å². The van der Waals surface area contributed by atoms with E-state index in [4.69, 9.17) is 18.9 Å². The van der Waals surface area contributed by atoms with Crippen molar-refractivity contribution in [2.75, 3.05) is 26.9 Å². The summed E-state index contributed by atoms with van der Waals surface area (Å²) in [6.07, 6.45) is 3.94. The third-order valence-electron chi connectivity index (χ3n) is 11.3. The Morgan fingerprint density at radius 3 is 2.55 bits per heavy atom. The first-order valence-corrected chi connectivity index (χ1v) is 16.3. The fourth-order valence-corrected chi connectivity index (χ4v) is 9.13. The fourth-order valence-electron chi connectivity index (χ4n) is 9.13. The molecule has 2 saturated carbocycles. The minimum Gasteiger partial charge on any atom is -0.481 e. The molecule has 6 rings (SSSR count). The zero-order valence-corrected chi connectivity index (χ0v) is 26.5. The number of nitrogens with one attached hydrogen (secondary N) is 1. The Kier molecular flexibility index (Phi) is 8.96. The number of hydrogen-bond donors (Lipinski definition) is 7. The molecule has 13 nitrogen and oxygen atoms in total. The number of methoxy groups -OCH3 is 1. The van der Waals surface area contributed by atoms with Gasteiger partial charge in [-0.3, -0.25) is 4.79 Å². The first kappa shape index (κ1) is 33.8. The van der Waals surface area contributed by atoms with Gasteiger partial charge in [-0.05, 0) is 43.7 Å². The number of fused-ring (bicyclic) bond motifs is 2. The van der Waals surface area contributed by atoms with Crippen LogP contribution in [0.3, 0.4) is 0 Å². The van der Waals surface area contributed by atoms with Crippen molar-refractivity contribution in [2.24, 2.45) is 17.3 Å². The molecule has 2 bridgehead atoms. The van der Waals surface area contributed by atoms with Crippen molar-refractivity contribution in [1.82, 2.24) is 4.98 Å². The monoisotopic (exact) mass is 659 g/mol. The summed E-state index contributed by atoms with van der Waals surface area (Å²) in [6, 6.07) is 1.83. The summed E-state index contributed by atoms with van der Waals surface area (Å²) in [7, 11) is 1.23. The highest BCUT2D eigenvalue weighted by molar-refractivity contribution is 5.90. The van der Waals surface area contributed by atoms with Gasteiger partial charge in [0.1, 0.15) is 24.6 Å². The molecule has 2 aliphatic heterocycles. The summed E-state index contributed by atoms with van der Waals surface area (Å²) in [5.41, 5.74) is -4.04. The van der Waals surface area contributed by atoms with Crippen LogP contribution in [-0.2, 0) is 28.5 Å². The van der Waals surface area contributed by atoms with Gasteiger partial charge in [-0.15, -0.1) is 6.58 Å². The lowest BCUT2D eigenvalue weighted by molar-refractivity contribution is -0.439. The molecule has 1 saturated heterocycles. The predicted octanol–water partition coefficient (Wildman–Crippen LogP) is -0.268. The van der Waals surface area contributed by atoms with E-state index in [0.29, 0.717) is 42.4 Å². The summed E-state index contributed by atoms with van der Waals surface area (Å²) in [4.78, 5) is 28.3. The predicted molar refractivity (Wildman–Crippen MR) is 164 cm³/mol. The Balaban J connectivity index is 1.48. The van der Waals surface area contributed by atoms with Crippen LogP contribution in [-0.4, -0.2) is 110 Å². The smallest absolute Gasteiger partial charge is 0.333 e. The zero-order chi connectivity index (χ0) is 33.8. The molecule has 0 radical (unpaired) electrons. The standard InChI is InChI=1S/C34H45NO12/c1-3-19-21(15-26(39)40)22(29(41)44-2)16-31(10-4-5-11-31)28(19)47-33(18-38)32(43)12-8-23-20-9-13-35-27(20)24(7-6-14-36)45-34(23,30(32)42)25(17-37)46-33/h3,9,13,16,19,21,25,28,30,35-38,42-43H,1,4-8,10-12,14-15,17-18H2,2H3,(H,39,40). The maximum atomic E-state index is 13.0. The number of carboxylic acids is 1. The number of carbonyl (C=O) groups is 2. The number of H-pyrrole nitrogens is 1. The van der Waals surface area contributed by atoms with Crippen LogP contribution in [0.25, 0.3) is 11.3 Å². The summed E-state index contributed by atoms with van der Waals surface area (Å²) in [5, 5.41) is 67.7. The summed E-state index contributed by atoms with van der Waals surface area (Å²) < 4.78 is 25.0. The largest absolute Gasteiger partial charge is 0.481 e. The summed E-state index contributed by atoms with van der Waals surface area (Å²) in [6.45, 7) is 2.27. The number of aliphatic hydroxyl groups excluding tert-OH is 4. The van der Waals surface area contributed by atoms with E-state index in [-0.39, 0.29) is 25.0 Å². The van der Waals surface area contributed by atoms with Crippen LogP contribution in [0.15, 0.2) is 36.6 Å². The molecule has 8 atom stereocenters. The van der Waals surface area contributed by atoms with Crippen molar-refractivity contribution in [2.45, 2.75) is 93.1 Å². The Morgan fingerprint density at radius 1 is 1.19 bits per heavy atom. The van der Waals surface area contributed by atoms with Gasteiger partial charge >= 0.3 is 11.9 Å². The highest BCUT2D eigenvalue weighted by Crippen LogP contribution is 2.60. The molecular formula is C34H45NO12. The molecule has 0 amide bonds. The number of aromatic nitrogens is 1. The molecule has 8 unspecified atom stereocenters. The van der Waals surface area contributed by atoms with Crippen LogP contribution in [0.4, 0.5) is 0 Å². The maximum Gasteiger partial charge on any atom is 0.333 e. The van der Waals surface area contributed by atoms with Gasteiger partial charge in [0.25, 0.3) is 0 Å². The lowest BCUT2D eigenvalue weighted by Crippen LogP contribution is -2.83. The van der Waals surface area contributed by atoms with Gasteiger partial charge in [-0.1, -0.05) is 25.0 Å². The Labute approximate surface area is 271 Å². The molecule has 5 aliphatic rings.